The lowest BCUT2D eigenvalue weighted by atomic mass is 10.1. The molecule has 1 aromatic heterocycles. The molecule has 0 fully saturated rings. The monoisotopic (exact) mass is 270 g/mol. The van der Waals surface area contributed by atoms with Crippen molar-refractivity contribution in [2.24, 2.45) is 0 Å². The van der Waals surface area contributed by atoms with Gasteiger partial charge in [-0.2, -0.15) is 0 Å². The summed E-state index contributed by atoms with van der Waals surface area (Å²) in [5.41, 5.74) is 0.580. The zero-order chi connectivity index (χ0) is 13.9. The van der Waals surface area contributed by atoms with Crippen molar-refractivity contribution in [2.45, 2.75) is 12.8 Å². The van der Waals surface area contributed by atoms with Crippen molar-refractivity contribution in [3.05, 3.63) is 48.0 Å². The van der Waals surface area contributed by atoms with E-state index in [0.717, 1.165) is 12.1 Å². The van der Waals surface area contributed by atoms with Crippen LogP contribution in [-0.2, 0) is 6.42 Å². The molecule has 0 saturated heterocycles. The van der Waals surface area contributed by atoms with Gasteiger partial charge < -0.3 is 9.72 Å². The van der Waals surface area contributed by atoms with Gasteiger partial charge in [-0.15, -0.1) is 13.2 Å². The third kappa shape index (κ3) is 3.84. The van der Waals surface area contributed by atoms with Crippen LogP contribution in [0.25, 0.3) is 0 Å². The molecule has 2 aromatic rings. The highest BCUT2D eigenvalue weighted by Crippen LogP contribution is 2.22. The van der Waals surface area contributed by atoms with Crippen molar-refractivity contribution in [2.75, 3.05) is 0 Å². The number of hydrogen-bond donors (Lipinski definition) is 1. The first-order chi connectivity index (χ1) is 8.94. The Morgan fingerprint density at radius 2 is 1.95 bits per heavy atom. The largest absolute Gasteiger partial charge is 0.573 e. The Morgan fingerprint density at radius 3 is 2.47 bits per heavy atom. The molecule has 2 rings (SSSR count). The van der Waals surface area contributed by atoms with Gasteiger partial charge in [0.05, 0.1) is 0 Å². The number of imidazole rings is 1. The van der Waals surface area contributed by atoms with Gasteiger partial charge in [-0.3, -0.25) is 4.79 Å². The average Bonchev–Trinajstić information content (AvgIpc) is 2.83. The minimum absolute atomic E-state index is 0.0554. The van der Waals surface area contributed by atoms with Crippen LogP contribution in [0.5, 0.6) is 5.75 Å². The normalized spacial score (nSPS) is 11.3. The van der Waals surface area contributed by atoms with Crippen LogP contribution in [-0.4, -0.2) is 22.1 Å². The molecule has 0 spiro atoms. The maximum Gasteiger partial charge on any atom is 0.573 e. The Balaban J connectivity index is 2.01. The van der Waals surface area contributed by atoms with Gasteiger partial charge in [0.2, 0.25) is 5.78 Å². The molecule has 0 aliphatic rings. The topological polar surface area (TPSA) is 55.0 Å². The summed E-state index contributed by atoms with van der Waals surface area (Å²) in [7, 11) is 0. The molecule has 0 unspecified atom stereocenters. The third-order valence-electron chi connectivity index (χ3n) is 2.28. The first kappa shape index (κ1) is 13.1. The number of aromatic nitrogens is 2. The molecule has 0 aliphatic carbocycles. The maximum atomic E-state index is 11.9. The summed E-state index contributed by atoms with van der Waals surface area (Å²) in [5.74, 6) is -0.341. The van der Waals surface area contributed by atoms with Crippen molar-refractivity contribution >= 4 is 5.78 Å². The number of Topliss-reactive ketones (excluding diaryl/α,β-unsaturated/α-hetero) is 1. The predicted molar refractivity (Wildman–Crippen MR) is 59.7 cm³/mol. The van der Waals surface area contributed by atoms with Crippen LogP contribution in [0.3, 0.4) is 0 Å². The van der Waals surface area contributed by atoms with Crippen LogP contribution in [0, 0.1) is 0 Å². The molecule has 1 heterocycles. The zero-order valence-corrected chi connectivity index (χ0v) is 9.57. The van der Waals surface area contributed by atoms with Gasteiger partial charge >= 0.3 is 6.36 Å². The SMILES string of the molecule is O=C(Cc1ccc(OC(F)(F)F)cc1)c1ncc[nH]1. The lowest BCUT2D eigenvalue weighted by Crippen LogP contribution is -2.17. The Hall–Kier alpha value is -2.31. The molecule has 1 aromatic carbocycles. The number of halogens is 3. The molecule has 19 heavy (non-hydrogen) atoms. The molecule has 0 saturated carbocycles. The minimum Gasteiger partial charge on any atom is -0.406 e. The number of nitrogens with zero attached hydrogens (tertiary/aromatic N) is 1. The second-order valence-electron chi connectivity index (χ2n) is 3.73. The lowest BCUT2D eigenvalue weighted by Gasteiger charge is -2.08. The number of benzene rings is 1. The second-order valence-corrected chi connectivity index (χ2v) is 3.73. The smallest absolute Gasteiger partial charge is 0.406 e. The second kappa shape index (κ2) is 5.13. The summed E-state index contributed by atoms with van der Waals surface area (Å²) in [6.45, 7) is 0. The number of aromatic amines is 1. The Bertz CT molecular complexity index is 547. The van der Waals surface area contributed by atoms with E-state index in [-0.39, 0.29) is 23.8 Å². The van der Waals surface area contributed by atoms with E-state index < -0.39 is 6.36 Å². The third-order valence-corrected chi connectivity index (χ3v) is 2.28. The van der Waals surface area contributed by atoms with E-state index in [1.54, 1.807) is 0 Å². The predicted octanol–water partition coefficient (Wildman–Crippen LogP) is 2.73. The maximum absolute atomic E-state index is 11.9. The number of carbonyl (C=O) groups is 1. The molecule has 0 amide bonds. The fraction of sp³-hybridized carbons (Fsp3) is 0.167. The molecule has 0 aliphatic heterocycles. The van der Waals surface area contributed by atoms with Crippen molar-refractivity contribution in [1.82, 2.24) is 9.97 Å². The van der Waals surface area contributed by atoms with Crippen LogP contribution >= 0.6 is 0 Å². The van der Waals surface area contributed by atoms with Crippen molar-refractivity contribution in [1.29, 1.82) is 0 Å². The van der Waals surface area contributed by atoms with Gasteiger partial charge in [-0.05, 0) is 17.7 Å². The highest BCUT2D eigenvalue weighted by Gasteiger charge is 2.30. The number of rotatable bonds is 4. The summed E-state index contributed by atoms with van der Waals surface area (Å²) < 4.78 is 39.6. The molecule has 7 heteroatoms. The molecule has 0 bridgehead atoms. The zero-order valence-electron chi connectivity index (χ0n) is 9.57. The van der Waals surface area contributed by atoms with Gasteiger partial charge in [0.25, 0.3) is 0 Å². The summed E-state index contributed by atoms with van der Waals surface area (Å²) >= 11 is 0. The quantitative estimate of drug-likeness (QED) is 0.869. The molecule has 0 radical (unpaired) electrons. The van der Waals surface area contributed by atoms with Crippen LogP contribution in [0.15, 0.2) is 36.7 Å². The number of alkyl halides is 3. The number of hydrogen-bond acceptors (Lipinski definition) is 3. The van der Waals surface area contributed by atoms with E-state index in [9.17, 15) is 18.0 Å². The molecule has 100 valence electrons. The fourth-order valence-corrected chi connectivity index (χ4v) is 1.50. The summed E-state index contributed by atoms with van der Waals surface area (Å²) in [6, 6.07) is 5.14. The number of ketones is 1. The number of carbonyl (C=O) groups excluding carboxylic acids is 1. The van der Waals surface area contributed by atoms with Crippen LogP contribution < -0.4 is 4.74 Å². The van der Waals surface area contributed by atoms with Crippen molar-refractivity contribution in [3.8, 4) is 5.75 Å². The molecular formula is C12H9F3N2O2. The molecular weight excluding hydrogens is 261 g/mol. The standard InChI is InChI=1S/C12H9F3N2O2/c13-12(14,15)19-9-3-1-8(2-4-9)7-10(18)11-16-5-6-17-11/h1-6H,7H2,(H,16,17). The molecule has 0 atom stereocenters. The van der Waals surface area contributed by atoms with E-state index in [0.29, 0.717) is 5.56 Å². The minimum atomic E-state index is -4.72. The van der Waals surface area contributed by atoms with E-state index in [1.807, 2.05) is 0 Å². The molecule has 1 N–H and O–H groups in total. The summed E-state index contributed by atoms with van der Waals surface area (Å²) in [4.78, 5) is 18.1. The Labute approximate surface area is 106 Å². The summed E-state index contributed by atoms with van der Waals surface area (Å²) in [5, 5.41) is 0. The highest BCUT2D eigenvalue weighted by atomic mass is 19.4. The van der Waals surface area contributed by atoms with Gasteiger partial charge in [-0.1, -0.05) is 12.1 Å². The van der Waals surface area contributed by atoms with Crippen molar-refractivity contribution in [3.63, 3.8) is 0 Å². The number of H-pyrrole nitrogens is 1. The summed E-state index contributed by atoms with van der Waals surface area (Å²) in [6.07, 6.45) is -1.69. The first-order valence-electron chi connectivity index (χ1n) is 5.31. The number of ether oxygens (including phenoxy) is 1. The van der Waals surface area contributed by atoms with Gasteiger partial charge in [0.15, 0.2) is 5.82 Å². The first-order valence-corrected chi connectivity index (χ1v) is 5.31. The van der Waals surface area contributed by atoms with E-state index in [4.69, 9.17) is 0 Å². The van der Waals surface area contributed by atoms with Gasteiger partial charge in [0.1, 0.15) is 5.75 Å². The fourth-order valence-electron chi connectivity index (χ4n) is 1.50. The highest BCUT2D eigenvalue weighted by molar-refractivity contribution is 5.94. The molecule has 4 nitrogen and oxygen atoms in total. The van der Waals surface area contributed by atoms with E-state index in [1.165, 1.54) is 24.5 Å². The van der Waals surface area contributed by atoms with E-state index >= 15 is 0 Å². The lowest BCUT2D eigenvalue weighted by molar-refractivity contribution is -0.274. The average molecular weight is 270 g/mol. The number of nitrogens with one attached hydrogen (secondary N) is 1. The van der Waals surface area contributed by atoms with Gasteiger partial charge in [0, 0.05) is 18.8 Å². The Morgan fingerprint density at radius 1 is 1.26 bits per heavy atom. The van der Waals surface area contributed by atoms with E-state index in [2.05, 4.69) is 14.7 Å². The van der Waals surface area contributed by atoms with Crippen LogP contribution in [0.2, 0.25) is 0 Å². The van der Waals surface area contributed by atoms with Gasteiger partial charge in [-0.25, -0.2) is 4.98 Å². The van der Waals surface area contributed by atoms with Crippen molar-refractivity contribution < 1.29 is 22.7 Å². The van der Waals surface area contributed by atoms with Crippen LogP contribution in [0.1, 0.15) is 16.2 Å². The van der Waals surface area contributed by atoms with Crippen LogP contribution in [0.4, 0.5) is 13.2 Å². The Kier molecular flexibility index (Phi) is 3.55.